The first-order valence-corrected chi connectivity index (χ1v) is 4.11. The van der Waals surface area contributed by atoms with Crippen LogP contribution in [0.15, 0.2) is 24.8 Å². The Balaban J connectivity index is 3.05. The van der Waals surface area contributed by atoms with E-state index >= 15 is 0 Å². The summed E-state index contributed by atoms with van der Waals surface area (Å²) >= 11 is 5.74. The summed E-state index contributed by atoms with van der Waals surface area (Å²) in [6, 6.07) is 4.99. The SMILES string of the molecule is C=Cc1cc(Cl)ccc1OC(C)=O. The molecule has 0 unspecified atom stereocenters. The Kier molecular flexibility index (Phi) is 3.09. The number of rotatable bonds is 2. The normalized spacial score (nSPS) is 9.38. The van der Waals surface area contributed by atoms with Crippen LogP contribution in [0.4, 0.5) is 0 Å². The van der Waals surface area contributed by atoms with Crippen molar-refractivity contribution in [3.63, 3.8) is 0 Å². The van der Waals surface area contributed by atoms with Crippen LogP contribution in [0.3, 0.4) is 0 Å². The molecular weight excluding hydrogens is 188 g/mol. The molecule has 0 saturated heterocycles. The molecule has 1 aromatic rings. The topological polar surface area (TPSA) is 26.3 Å². The van der Waals surface area contributed by atoms with Crippen molar-refractivity contribution in [2.45, 2.75) is 6.92 Å². The fraction of sp³-hybridized carbons (Fsp3) is 0.100. The van der Waals surface area contributed by atoms with Crippen molar-refractivity contribution in [2.75, 3.05) is 0 Å². The van der Waals surface area contributed by atoms with E-state index in [0.29, 0.717) is 16.3 Å². The van der Waals surface area contributed by atoms with Crippen LogP contribution in [0.1, 0.15) is 12.5 Å². The smallest absolute Gasteiger partial charge is 0.308 e. The number of carbonyl (C=O) groups is 1. The van der Waals surface area contributed by atoms with Gasteiger partial charge in [-0.25, -0.2) is 0 Å². The number of hydrogen-bond donors (Lipinski definition) is 0. The minimum Gasteiger partial charge on any atom is -0.426 e. The van der Waals surface area contributed by atoms with E-state index < -0.39 is 0 Å². The Hall–Kier alpha value is -1.28. The van der Waals surface area contributed by atoms with Crippen LogP contribution in [0.5, 0.6) is 5.75 Å². The van der Waals surface area contributed by atoms with Gasteiger partial charge in [0.2, 0.25) is 0 Å². The van der Waals surface area contributed by atoms with E-state index in [9.17, 15) is 4.79 Å². The molecule has 0 aliphatic rings. The molecule has 0 saturated carbocycles. The number of ether oxygens (including phenoxy) is 1. The molecule has 0 aliphatic heterocycles. The fourth-order valence-corrected chi connectivity index (χ4v) is 1.11. The lowest BCUT2D eigenvalue weighted by atomic mass is 10.2. The summed E-state index contributed by atoms with van der Waals surface area (Å²) in [5.41, 5.74) is 0.711. The molecule has 0 radical (unpaired) electrons. The van der Waals surface area contributed by atoms with Gasteiger partial charge < -0.3 is 4.74 Å². The fourth-order valence-electron chi connectivity index (χ4n) is 0.927. The summed E-state index contributed by atoms with van der Waals surface area (Å²) in [5.74, 6) is 0.123. The number of esters is 1. The molecule has 3 heteroatoms. The molecule has 0 amide bonds. The summed E-state index contributed by atoms with van der Waals surface area (Å²) in [7, 11) is 0. The second-order valence-electron chi connectivity index (χ2n) is 2.48. The number of hydrogen-bond acceptors (Lipinski definition) is 2. The summed E-state index contributed by atoms with van der Waals surface area (Å²) in [6.45, 7) is 4.94. The van der Waals surface area contributed by atoms with Gasteiger partial charge in [-0.1, -0.05) is 24.3 Å². The quantitative estimate of drug-likeness (QED) is 0.537. The Morgan fingerprint density at radius 3 is 2.85 bits per heavy atom. The first-order valence-electron chi connectivity index (χ1n) is 3.74. The highest BCUT2D eigenvalue weighted by Gasteiger charge is 2.03. The molecule has 0 bridgehead atoms. The van der Waals surface area contributed by atoms with Crippen molar-refractivity contribution in [2.24, 2.45) is 0 Å². The lowest BCUT2D eigenvalue weighted by Crippen LogP contribution is -2.02. The Bertz CT molecular complexity index is 345. The number of halogens is 1. The monoisotopic (exact) mass is 196 g/mol. The zero-order chi connectivity index (χ0) is 9.84. The maximum absolute atomic E-state index is 10.7. The van der Waals surface area contributed by atoms with Crippen LogP contribution < -0.4 is 4.74 Å². The molecule has 2 nitrogen and oxygen atoms in total. The van der Waals surface area contributed by atoms with Crippen molar-refractivity contribution in [1.82, 2.24) is 0 Å². The third-order valence-electron chi connectivity index (χ3n) is 1.45. The predicted octanol–water partition coefficient (Wildman–Crippen LogP) is 2.91. The van der Waals surface area contributed by atoms with Crippen LogP contribution in [-0.4, -0.2) is 5.97 Å². The van der Waals surface area contributed by atoms with E-state index in [1.807, 2.05) is 0 Å². The van der Waals surface area contributed by atoms with Crippen LogP contribution in [-0.2, 0) is 4.79 Å². The van der Waals surface area contributed by atoms with Crippen molar-refractivity contribution in [3.05, 3.63) is 35.4 Å². The predicted molar refractivity (Wildman–Crippen MR) is 52.9 cm³/mol. The summed E-state index contributed by atoms with van der Waals surface area (Å²) in [5, 5.41) is 0.589. The van der Waals surface area contributed by atoms with E-state index in [4.69, 9.17) is 16.3 Å². The second-order valence-corrected chi connectivity index (χ2v) is 2.92. The molecule has 0 aliphatic carbocycles. The van der Waals surface area contributed by atoms with E-state index in [0.717, 1.165) is 0 Å². The van der Waals surface area contributed by atoms with Gasteiger partial charge in [-0.2, -0.15) is 0 Å². The van der Waals surface area contributed by atoms with Gasteiger partial charge in [0.15, 0.2) is 0 Å². The van der Waals surface area contributed by atoms with Crippen molar-refractivity contribution in [1.29, 1.82) is 0 Å². The zero-order valence-electron chi connectivity index (χ0n) is 7.21. The highest BCUT2D eigenvalue weighted by molar-refractivity contribution is 6.30. The second kappa shape index (κ2) is 4.10. The lowest BCUT2D eigenvalue weighted by Gasteiger charge is -2.04. The minimum atomic E-state index is -0.356. The van der Waals surface area contributed by atoms with Crippen LogP contribution in [0.2, 0.25) is 5.02 Å². The van der Waals surface area contributed by atoms with Gasteiger partial charge in [0.1, 0.15) is 5.75 Å². The molecule has 68 valence electrons. The van der Waals surface area contributed by atoms with Gasteiger partial charge in [0.25, 0.3) is 0 Å². The molecule has 1 aromatic carbocycles. The molecule has 0 atom stereocenters. The number of carbonyl (C=O) groups excluding carboxylic acids is 1. The van der Waals surface area contributed by atoms with E-state index in [2.05, 4.69) is 6.58 Å². The minimum absolute atomic E-state index is 0.356. The molecule has 0 spiro atoms. The summed E-state index contributed by atoms with van der Waals surface area (Å²) in [4.78, 5) is 10.7. The Morgan fingerprint density at radius 2 is 2.31 bits per heavy atom. The van der Waals surface area contributed by atoms with Crippen molar-refractivity contribution < 1.29 is 9.53 Å². The van der Waals surface area contributed by atoms with Crippen LogP contribution >= 0.6 is 11.6 Å². The maximum Gasteiger partial charge on any atom is 0.308 e. The largest absolute Gasteiger partial charge is 0.426 e. The summed E-state index contributed by atoms with van der Waals surface area (Å²) in [6.07, 6.45) is 1.59. The molecular formula is C10H9ClO2. The van der Waals surface area contributed by atoms with Gasteiger partial charge in [-0.05, 0) is 18.2 Å². The van der Waals surface area contributed by atoms with E-state index in [1.54, 1.807) is 24.3 Å². The van der Waals surface area contributed by atoms with E-state index in [-0.39, 0.29) is 5.97 Å². The third kappa shape index (κ3) is 2.60. The van der Waals surface area contributed by atoms with Gasteiger partial charge in [-0.3, -0.25) is 4.79 Å². The number of benzene rings is 1. The highest BCUT2D eigenvalue weighted by Crippen LogP contribution is 2.23. The van der Waals surface area contributed by atoms with Crippen molar-refractivity contribution in [3.8, 4) is 5.75 Å². The molecule has 0 heterocycles. The summed E-state index contributed by atoms with van der Waals surface area (Å²) < 4.78 is 4.92. The standard InChI is InChI=1S/C10H9ClO2/c1-3-8-6-9(11)4-5-10(8)13-7(2)12/h3-6H,1H2,2H3. The molecule has 13 heavy (non-hydrogen) atoms. The first kappa shape index (κ1) is 9.81. The Labute approximate surface area is 81.8 Å². The van der Waals surface area contributed by atoms with E-state index in [1.165, 1.54) is 6.92 Å². The molecule has 0 aromatic heterocycles. The van der Waals surface area contributed by atoms with Gasteiger partial charge >= 0.3 is 5.97 Å². The average molecular weight is 197 g/mol. The van der Waals surface area contributed by atoms with Gasteiger partial charge in [0, 0.05) is 17.5 Å². The van der Waals surface area contributed by atoms with Crippen molar-refractivity contribution >= 4 is 23.6 Å². The molecule has 0 fully saturated rings. The van der Waals surface area contributed by atoms with Crippen LogP contribution in [0.25, 0.3) is 6.08 Å². The lowest BCUT2D eigenvalue weighted by molar-refractivity contribution is -0.131. The van der Waals surface area contributed by atoms with Crippen LogP contribution in [0, 0.1) is 0 Å². The highest BCUT2D eigenvalue weighted by atomic mass is 35.5. The average Bonchev–Trinajstić information content (AvgIpc) is 2.07. The van der Waals surface area contributed by atoms with Gasteiger partial charge in [0.05, 0.1) is 0 Å². The molecule has 0 N–H and O–H groups in total. The zero-order valence-corrected chi connectivity index (χ0v) is 7.97. The first-order chi connectivity index (χ1) is 6.13. The third-order valence-corrected chi connectivity index (χ3v) is 1.68. The molecule has 1 rings (SSSR count). The van der Waals surface area contributed by atoms with Gasteiger partial charge in [-0.15, -0.1) is 0 Å². The Morgan fingerprint density at radius 1 is 1.62 bits per heavy atom. The maximum atomic E-state index is 10.7.